The van der Waals surface area contributed by atoms with Gasteiger partial charge in [-0.2, -0.15) is 10.5 Å². The van der Waals surface area contributed by atoms with Crippen molar-refractivity contribution in [2.24, 2.45) is 0 Å². The van der Waals surface area contributed by atoms with Crippen LogP contribution in [0.4, 0.5) is 0 Å². The van der Waals surface area contributed by atoms with Crippen LogP contribution in [0.3, 0.4) is 0 Å². The SMILES string of the molecule is CC1=C(C)C(C)(OC#N)C=CC1OC#N. The van der Waals surface area contributed by atoms with Gasteiger partial charge in [0.2, 0.25) is 0 Å². The van der Waals surface area contributed by atoms with Gasteiger partial charge in [-0.05, 0) is 44.1 Å². The van der Waals surface area contributed by atoms with Gasteiger partial charge in [0.05, 0.1) is 0 Å². The van der Waals surface area contributed by atoms with E-state index in [0.29, 0.717) is 0 Å². The lowest BCUT2D eigenvalue weighted by Crippen LogP contribution is -2.32. The summed E-state index contributed by atoms with van der Waals surface area (Å²) in [5.74, 6) is 0. The molecule has 1 aliphatic carbocycles. The Balaban J connectivity index is 3.01. The Morgan fingerprint density at radius 3 is 2.53 bits per heavy atom. The van der Waals surface area contributed by atoms with Crippen molar-refractivity contribution in [3.8, 4) is 12.5 Å². The first kappa shape index (κ1) is 11.1. The van der Waals surface area contributed by atoms with Gasteiger partial charge in [0.15, 0.2) is 11.7 Å². The molecule has 78 valence electrons. The second-order valence-electron chi connectivity index (χ2n) is 3.60. The molecule has 0 radical (unpaired) electrons. The zero-order valence-corrected chi connectivity index (χ0v) is 8.94. The predicted octanol–water partition coefficient (Wildman–Crippen LogP) is 2.02. The highest BCUT2D eigenvalue weighted by atomic mass is 16.5. The van der Waals surface area contributed by atoms with Crippen molar-refractivity contribution in [2.45, 2.75) is 32.5 Å². The number of hydrogen-bond donors (Lipinski definition) is 0. The molecular weight excluding hydrogens is 192 g/mol. The Hall–Kier alpha value is -1.94. The highest BCUT2D eigenvalue weighted by molar-refractivity contribution is 5.36. The van der Waals surface area contributed by atoms with E-state index in [-0.39, 0.29) is 6.10 Å². The minimum atomic E-state index is -0.714. The Labute approximate surface area is 89.0 Å². The van der Waals surface area contributed by atoms with Gasteiger partial charge in [-0.25, -0.2) is 0 Å². The van der Waals surface area contributed by atoms with Crippen LogP contribution in [0, 0.1) is 23.0 Å². The minimum Gasteiger partial charge on any atom is -0.415 e. The van der Waals surface area contributed by atoms with E-state index in [2.05, 4.69) is 0 Å². The molecule has 0 heterocycles. The molecule has 0 aromatic carbocycles. The van der Waals surface area contributed by atoms with E-state index in [4.69, 9.17) is 20.0 Å². The molecule has 0 saturated heterocycles. The molecule has 2 unspecified atom stereocenters. The van der Waals surface area contributed by atoms with Crippen LogP contribution in [-0.2, 0) is 9.47 Å². The molecule has 0 aromatic rings. The molecule has 0 spiro atoms. The van der Waals surface area contributed by atoms with Gasteiger partial charge in [-0.15, -0.1) is 0 Å². The van der Waals surface area contributed by atoms with E-state index in [1.54, 1.807) is 31.6 Å². The lowest BCUT2D eigenvalue weighted by Gasteiger charge is -2.31. The van der Waals surface area contributed by atoms with Crippen molar-refractivity contribution in [2.75, 3.05) is 0 Å². The maximum absolute atomic E-state index is 8.54. The lowest BCUT2D eigenvalue weighted by molar-refractivity contribution is 0.126. The van der Waals surface area contributed by atoms with E-state index in [1.807, 2.05) is 13.8 Å². The highest BCUT2D eigenvalue weighted by Crippen LogP contribution is 2.32. The van der Waals surface area contributed by atoms with E-state index in [0.717, 1.165) is 11.1 Å². The largest absolute Gasteiger partial charge is 0.415 e. The standard InChI is InChI=1S/C11H12N2O2/c1-8-9(2)11(3,15-7-13)5-4-10(8)14-6-12/h4-5,10H,1-3H3. The monoisotopic (exact) mass is 204 g/mol. The fourth-order valence-corrected chi connectivity index (χ4v) is 1.54. The Morgan fingerprint density at radius 2 is 2.00 bits per heavy atom. The van der Waals surface area contributed by atoms with Gasteiger partial charge < -0.3 is 9.47 Å². The van der Waals surface area contributed by atoms with Crippen LogP contribution in [0.15, 0.2) is 23.3 Å². The molecule has 0 aromatic heterocycles. The van der Waals surface area contributed by atoms with Crippen molar-refractivity contribution in [3.05, 3.63) is 23.3 Å². The quantitative estimate of drug-likeness (QED) is 0.509. The third-order valence-corrected chi connectivity index (χ3v) is 2.79. The van der Waals surface area contributed by atoms with Crippen molar-refractivity contribution in [3.63, 3.8) is 0 Å². The van der Waals surface area contributed by atoms with Gasteiger partial charge >= 0.3 is 0 Å². The number of rotatable bonds is 2. The lowest BCUT2D eigenvalue weighted by atomic mass is 9.85. The first-order valence-corrected chi connectivity index (χ1v) is 4.54. The fourth-order valence-electron chi connectivity index (χ4n) is 1.54. The Bertz CT molecular complexity index is 398. The number of ether oxygens (including phenoxy) is 2. The van der Waals surface area contributed by atoms with Crippen LogP contribution in [-0.4, -0.2) is 11.7 Å². The smallest absolute Gasteiger partial charge is 0.287 e. The zero-order chi connectivity index (χ0) is 11.5. The molecule has 0 N–H and O–H groups in total. The van der Waals surface area contributed by atoms with Crippen LogP contribution in [0.2, 0.25) is 0 Å². The second-order valence-corrected chi connectivity index (χ2v) is 3.60. The molecular formula is C11H12N2O2. The summed E-state index contributed by atoms with van der Waals surface area (Å²) in [5, 5.41) is 17.0. The molecule has 0 saturated carbocycles. The average Bonchev–Trinajstić information content (AvgIpc) is 2.20. The predicted molar refractivity (Wildman–Crippen MR) is 53.1 cm³/mol. The summed E-state index contributed by atoms with van der Waals surface area (Å²) in [6.07, 6.45) is 6.46. The van der Waals surface area contributed by atoms with E-state index >= 15 is 0 Å². The van der Waals surface area contributed by atoms with Crippen LogP contribution in [0.25, 0.3) is 0 Å². The molecule has 15 heavy (non-hydrogen) atoms. The maximum atomic E-state index is 8.54. The van der Waals surface area contributed by atoms with Crippen LogP contribution >= 0.6 is 0 Å². The summed E-state index contributed by atoms with van der Waals surface area (Å²) < 4.78 is 9.86. The van der Waals surface area contributed by atoms with E-state index < -0.39 is 5.60 Å². The van der Waals surface area contributed by atoms with Gasteiger partial charge in [-0.3, -0.25) is 0 Å². The maximum Gasteiger partial charge on any atom is 0.287 e. The summed E-state index contributed by atoms with van der Waals surface area (Å²) >= 11 is 0. The third-order valence-electron chi connectivity index (χ3n) is 2.79. The van der Waals surface area contributed by atoms with Crippen LogP contribution in [0.5, 0.6) is 0 Å². The van der Waals surface area contributed by atoms with Gasteiger partial charge in [0.25, 0.3) is 12.5 Å². The second kappa shape index (κ2) is 4.06. The highest BCUT2D eigenvalue weighted by Gasteiger charge is 2.33. The number of nitrogens with zero attached hydrogens (tertiary/aromatic N) is 2. The fraction of sp³-hybridized carbons (Fsp3) is 0.455. The molecule has 0 bridgehead atoms. The molecule has 1 rings (SSSR count). The molecule has 1 aliphatic rings. The topological polar surface area (TPSA) is 66.0 Å². The minimum absolute atomic E-state index is 0.342. The molecule has 0 fully saturated rings. The van der Waals surface area contributed by atoms with Crippen molar-refractivity contribution in [1.82, 2.24) is 0 Å². The summed E-state index contributed by atoms with van der Waals surface area (Å²) in [6.45, 7) is 5.53. The molecule has 0 aliphatic heterocycles. The van der Waals surface area contributed by atoms with Gasteiger partial charge in [-0.1, -0.05) is 0 Å². The third kappa shape index (κ3) is 1.94. The Morgan fingerprint density at radius 1 is 1.33 bits per heavy atom. The number of nitriles is 2. The summed E-state index contributed by atoms with van der Waals surface area (Å²) in [7, 11) is 0. The summed E-state index contributed by atoms with van der Waals surface area (Å²) in [4.78, 5) is 0. The van der Waals surface area contributed by atoms with Crippen molar-refractivity contribution in [1.29, 1.82) is 10.5 Å². The van der Waals surface area contributed by atoms with Crippen molar-refractivity contribution >= 4 is 0 Å². The van der Waals surface area contributed by atoms with Gasteiger partial charge in [0.1, 0.15) is 0 Å². The first-order valence-electron chi connectivity index (χ1n) is 4.54. The first-order chi connectivity index (χ1) is 7.05. The van der Waals surface area contributed by atoms with Crippen LogP contribution in [0.1, 0.15) is 20.8 Å². The van der Waals surface area contributed by atoms with Crippen LogP contribution < -0.4 is 0 Å². The number of hydrogen-bond acceptors (Lipinski definition) is 4. The summed E-state index contributed by atoms with van der Waals surface area (Å²) in [5.41, 5.74) is 1.08. The molecule has 4 nitrogen and oxygen atoms in total. The molecule has 0 amide bonds. The van der Waals surface area contributed by atoms with Gasteiger partial charge in [0, 0.05) is 0 Å². The molecule has 4 heteroatoms. The van der Waals surface area contributed by atoms with E-state index in [9.17, 15) is 0 Å². The Kier molecular flexibility index (Phi) is 3.01. The zero-order valence-electron chi connectivity index (χ0n) is 8.94. The molecule has 2 atom stereocenters. The van der Waals surface area contributed by atoms with E-state index in [1.165, 1.54) is 0 Å². The normalized spacial score (nSPS) is 29.3. The average molecular weight is 204 g/mol. The van der Waals surface area contributed by atoms with Crippen molar-refractivity contribution < 1.29 is 9.47 Å². The summed E-state index contributed by atoms with van der Waals surface area (Å²) in [6, 6.07) is 0.